The predicted octanol–water partition coefficient (Wildman–Crippen LogP) is -1.24. The van der Waals surface area contributed by atoms with E-state index in [0.717, 1.165) is 0 Å². The van der Waals surface area contributed by atoms with Crippen LogP contribution in [0.2, 0.25) is 0 Å². The first-order valence-electron chi connectivity index (χ1n) is 2.86. The fourth-order valence-corrected chi connectivity index (χ4v) is 0.711. The quantitative estimate of drug-likeness (QED) is 0.556. The molecule has 0 bridgehead atoms. The Balaban J connectivity index is 0. The van der Waals surface area contributed by atoms with E-state index in [4.69, 9.17) is 5.11 Å². The molecule has 0 saturated heterocycles. The molecule has 1 aromatic rings. The molecule has 0 aliphatic carbocycles. The Kier molecular flexibility index (Phi) is 4.41. The Morgan fingerprint density at radius 2 is 2.08 bits per heavy atom. The van der Waals surface area contributed by atoms with E-state index in [-0.39, 0.29) is 31.6 Å². The summed E-state index contributed by atoms with van der Waals surface area (Å²) in [5.74, 6) is -1.49. The average molecular weight is 164 g/mol. The molecule has 0 spiro atoms. The number of halogens is 1. The smallest absolute Gasteiger partial charge is 1.00 e. The maximum absolute atomic E-state index is 11.6. The number of benzene rings is 1. The minimum Gasteiger partial charge on any atom is -1.00 e. The van der Waals surface area contributed by atoms with Crippen molar-refractivity contribution in [2.45, 2.75) is 0 Å². The molecule has 0 heterocycles. The normalized spacial score (nSPS) is 8.42. The second-order valence-electron chi connectivity index (χ2n) is 1.88. The molecule has 1 aromatic carbocycles. The van der Waals surface area contributed by atoms with Gasteiger partial charge in [-0.05, 0) is 12.1 Å². The van der Waals surface area contributed by atoms with E-state index in [1.165, 1.54) is 24.3 Å². The van der Waals surface area contributed by atoms with Crippen LogP contribution in [-0.2, 0) is 0 Å². The summed E-state index contributed by atoms with van der Waals surface area (Å²) in [4.78, 5) is 13.7. The monoisotopic (exact) mass is 164 g/mol. The van der Waals surface area contributed by atoms with Crippen molar-refractivity contribution >= 4 is 5.97 Å². The van der Waals surface area contributed by atoms with Gasteiger partial charge in [0.05, 0.1) is 0 Å². The van der Waals surface area contributed by atoms with Gasteiger partial charge in [0, 0.05) is 4.53 Å². The van der Waals surface area contributed by atoms with Gasteiger partial charge >= 0.3 is 24.8 Å². The summed E-state index contributed by atoms with van der Waals surface area (Å²) in [5, 5.41) is 8.45. The van der Waals surface area contributed by atoms with Gasteiger partial charge in [0.25, 0.3) is 0 Å². The topological polar surface area (TPSA) is 46.5 Å². The summed E-state index contributed by atoms with van der Waals surface area (Å²) in [6, 6.07) is 5.48. The predicted molar refractivity (Wildman–Crippen MR) is 36.2 cm³/mol. The zero-order valence-electron chi connectivity index (χ0n) is 7.45. The number of para-hydroxylation sites is 1. The van der Waals surface area contributed by atoms with Crippen LogP contribution in [0, 0.1) is 0 Å². The van der Waals surface area contributed by atoms with Crippen LogP contribution in [0.1, 0.15) is 11.8 Å². The van der Waals surface area contributed by atoms with Crippen molar-refractivity contribution in [2.75, 3.05) is 0 Å². The standard InChI is InChI=1S/C7H5FO3.Li.H/c8-11-6-4-2-1-3-5(6)7(9)10;;/h1-4H,(H,9,10);;/q;+1;-1. The zero-order valence-corrected chi connectivity index (χ0v) is 6.45. The van der Waals surface area contributed by atoms with Gasteiger partial charge in [0.15, 0.2) is 5.75 Å². The van der Waals surface area contributed by atoms with Crippen molar-refractivity contribution in [3.8, 4) is 5.75 Å². The molecule has 0 atom stereocenters. The molecule has 5 heteroatoms. The van der Waals surface area contributed by atoms with Crippen LogP contribution in [0.3, 0.4) is 0 Å². The Morgan fingerprint density at radius 1 is 1.50 bits per heavy atom. The summed E-state index contributed by atoms with van der Waals surface area (Å²) in [6.45, 7) is 0. The van der Waals surface area contributed by atoms with Gasteiger partial charge in [-0.2, -0.15) is 0 Å². The Bertz CT molecular complexity index is 282. The first kappa shape index (κ1) is 11.0. The Labute approximate surface area is 81.7 Å². The van der Waals surface area contributed by atoms with Crippen LogP contribution >= 0.6 is 0 Å². The third-order valence-corrected chi connectivity index (χ3v) is 1.20. The second-order valence-corrected chi connectivity index (χ2v) is 1.88. The van der Waals surface area contributed by atoms with Gasteiger partial charge in [-0.3, -0.25) is 4.94 Å². The van der Waals surface area contributed by atoms with E-state index in [2.05, 4.69) is 4.94 Å². The van der Waals surface area contributed by atoms with E-state index >= 15 is 0 Å². The molecule has 0 fully saturated rings. The van der Waals surface area contributed by atoms with Crippen LogP contribution in [0.5, 0.6) is 5.75 Å². The molecule has 0 saturated carbocycles. The third-order valence-electron chi connectivity index (χ3n) is 1.20. The molecular formula is C7H6FLiO3. The minimum absolute atomic E-state index is 0. The van der Waals surface area contributed by atoms with Crippen molar-refractivity contribution < 1.29 is 39.7 Å². The first-order valence-corrected chi connectivity index (χ1v) is 2.86. The van der Waals surface area contributed by atoms with Crippen LogP contribution in [0.4, 0.5) is 4.53 Å². The molecule has 0 aromatic heterocycles. The Morgan fingerprint density at radius 3 is 2.50 bits per heavy atom. The van der Waals surface area contributed by atoms with Crippen molar-refractivity contribution in [3.63, 3.8) is 0 Å². The summed E-state index contributed by atoms with van der Waals surface area (Å²) in [6.07, 6.45) is 0. The molecule has 0 aliphatic heterocycles. The van der Waals surface area contributed by atoms with Crippen LogP contribution in [0.15, 0.2) is 24.3 Å². The van der Waals surface area contributed by atoms with E-state index in [1.807, 2.05) is 0 Å². The van der Waals surface area contributed by atoms with Crippen molar-refractivity contribution in [1.29, 1.82) is 0 Å². The van der Waals surface area contributed by atoms with Crippen molar-refractivity contribution in [3.05, 3.63) is 29.8 Å². The molecule has 0 radical (unpaired) electrons. The van der Waals surface area contributed by atoms with Gasteiger partial charge < -0.3 is 6.53 Å². The van der Waals surface area contributed by atoms with E-state index in [0.29, 0.717) is 0 Å². The second kappa shape index (κ2) is 4.81. The maximum Gasteiger partial charge on any atom is 1.00 e. The average Bonchev–Trinajstić information content (AvgIpc) is 2.04. The fourth-order valence-electron chi connectivity index (χ4n) is 0.711. The summed E-state index contributed by atoms with van der Waals surface area (Å²) >= 11 is 0. The van der Waals surface area contributed by atoms with Crippen LogP contribution < -0.4 is 23.8 Å². The first-order chi connectivity index (χ1) is 5.25. The molecule has 60 valence electrons. The van der Waals surface area contributed by atoms with E-state index in [9.17, 15) is 9.32 Å². The van der Waals surface area contributed by atoms with Gasteiger partial charge in [-0.15, -0.1) is 0 Å². The van der Waals surface area contributed by atoms with E-state index in [1.54, 1.807) is 0 Å². The molecule has 0 amide bonds. The van der Waals surface area contributed by atoms with Crippen molar-refractivity contribution in [2.24, 2.45) is 0 Å². The molecule has 1 N–H and O–H groups in total. The minimum atomic E-state index is -1.21. The summed E-state index contributed by atoms with van der Waals surface area (Å²) < 4.78 is 11.6. The van der Waals surface area contributed by atoms with Gasteiger partial charge in [0.1, 0.15) is 5.56 Å². The largest absolute Gasteiger partial charge is 1.00 e. The Hall–Kier alpha value is -0.983. The number of hydrogen-bond acceptors (Lipinski definition) is 2. The third kappa shape index (κ3) is 2.26. The molecular weight excluding hydrogens is 158 g/mol. The fraction of sp³-hybridized carbons (Fsp3) is 0. The number of hydrogen-bond donors (Lipinski definition) is 1. The maximum atomic E-state index is 11.6. The molecule has 3 nitrogen and oxygen atoms in total. The van der Waals surface area contributed by atoms with Crippen molar-refractivity contribution in [1.82, 2.24) is 0 Å². The molecule has 0 unspecified atom stereocenters. The SMILES string of the molecule is O=C(O)c1ccccc1OF.[H-].[Li+]. The van der Waals surface area contributed by atoms with Crippen LogP contribution in [0.25, 0.3) is 0 Å². The number of carboxylic acid groups (broad SMARTS) is 1. The van der Waals surface area contributed by atoms with Gasteiger partial charge in [0.2, 0.25) is 0 Å². The van der Waals surface area contributed by atoms with Gasteiger partial charge in [-0.25, -0.2) is 4.79 Å². The zero-order chi connectivity index (χ0) is 8.27. The summed E-state index contributed by atoms with van der Waals surface area (Å²) in [7, 11) is 0. The molecule has 0 aliphatic rings. The summed E-state index contributed by atoms with van der Waals surface area (Å²) in [5.41, 5.74) is -0.185. The van der Waals surface area contributed by atoms with Gasteiger partial charge in [-0.1, -0.05) is 12.1 Å². The molecule has 12 heavy (non-hydrogen) atoms. The molecule has 1 rings (SSSR count). The van der Waals surface area contributed by atoms with E-state index < -0.39 is 5.97 Å². The number of rotatable bonds is 2. The number of carbonyl (C=O) groups is 1. The number of carboxylic acids is 1. The van der Waals surface area contributed by atoms with Crippen LogP contribution in [-0.4, -0.2) is 11.1 Å². The number of aromatic carboxylic acids is 1.